The van der Waals surface area contributed by atoms with Gasteiger partial charge in [0.1, 0.15) is 5.75 Å². The third-order valence-electron chi connectivity index (χ3n) is 3.53. The first-order chi connectivity index (χ1) is 12.2. The van der Waals surface area contributed by atoms with Crippen LogP contribution in [0.25, 0.3) is 10.9 Å². The molecule has 0 spiro atoms. The summed E-state index contributed by atoms with van der Waals surface area (Å²) in [5.41, 5.74) is 1.86. The standard InChI is InChI=1S/C19H16N2O4/c1-24-19(23)13-4-6-15(7-5-13)21-18(22)12-25-16-8-9-17-14(11-16)3-2-10-20-17/h2-11H,12H2,1H3,(H,21,22). The zero-order valence-electron chi connectivity index (χ0n) is 13.6. The van der Waals surface area contributed by atoms with Crippen LogP contribution in [0, 0.1) is 0 Å². The third-order valence-corrected chi connectivity index (χ3v) is 3.53. The van der Waals surface area contributed by atoms with Gasteiger partial charge in [0, 0.05) is 17.3 Å². The van der Waals surface area contributed by atoms with E-state index in [4.69, 9.17) is 4.74 Å². The van der Waals surface area contributed by atoms with Crippen LogP contribution in [0.4, 0.5) is 5.69 Å². The molecule has 0 saturated heterocycles. The molecule has 0 fully saturated rings. The lowest BCUT2D eigenvalue weighted by Gasteiger charge is -2.08. The molecule has 0 atom stereocenters. The van der Waals surface area contributed by atoms with Crippen molar-refractivity contribution in [2.45, 2.75) is 0 Å². The van der Waals surface area contributed by atoms with Crippen molar-refractivity contribution in [3.8, 4) is 5.75 Å². The predicted octanol–water partition coefficient (Wildman–Crippen LogP) is 3.04. The maximum Gasteiger partial charge on any atom is 0.337 e. The largest absolute Gasteiger partial charge is 0.484 e. The average molecular weight is 336 g/mol. The average Bonchev–Trinajstić information content (AvgIpc) is 2.66. The van der Waals surface area contributed by atoms with E-state index in [0.29, 0.717) is 17.0 Å². The molecule has 1 amide bonds. The van der Waals surface area contributed by atoms with Crippen molar-refractivity contribution < 1.29 is 19.1 Å². The number of aromatic nitrogens is 1. The van der Waals surface area contributed by atoms with Crippen LogP contribution < -0.4 is 10.1 Å². The first-order valence-corrected chi connectivity index (χ1v) is 7.61. The van der Waals surface area contributed by atoms with Crippen molar-refractivity contribution in [3.05, 3.63) is 66.4 Å². The number of anilines is 1. The minimum Gasteiger partial charge on any atom is -0.484 e. The first kappa shape index (κ1) is 16.4. The van der Waals surface area contributed by atoms with Crippen LogP contribution in [0.3, 0.4) is 0 Å². The monoisotopic (exact) mass is 336 g/mol. The van der Waals surface area contributed by atoms with E-state index in [1.165, 1.54) is 7.11 Å². The van der Waals surface area contributed by atoms with Crippen LogP contribution in [0.5, 0.6) is 5.75 Å². The van der Waals surface area contributed by atoms with Gasteiger partial charge in [0.05, 0.1) is 18.2 Å². The van der Waals surface area contributed by atoms with Gasteiger partial charge in [-0.05, 0) is 48.5 Å². The number of fused-ring (bicyclic) bond motifs is 1. The molecule has 3 aromatic rings. The highest BCUT2D eigenvalue weighted by atomic mass is 16.5. The number of methoxy groups -OCH3 is 1. The second-order valence-electron chi connectivity index (χ2n) is 5.26. The van der Waals surface area contributed by atoms with Crippen LogP contribution in [0.1, 0.15) is 10.4 Å². The molecule has 0 unspecified atom stereocenters. The number of carbonyl (C=O) groups is 2. The summed E-state index contributed by atoms with van der Waals surface area (Å²) in [4.78, 5) is 27.6. The SMILES string of the molecule is COC(=O)c1ccc(NC(=O)COc2ccc3ncccc3c2)cc1. The summed E-state index contributed by atoms with van der Waals surface area (Å²) in [7, 11) is 1.32. The van der Waals surface area contributed by atoms with Gasteiger partial charge in [0.2, 0.25) is 0 Å². The van der Waals surface area contributed by atoms with Gasteiger partial charge < -0.3 is 14.8 Å². The predicted molar refractivity (Wildman–Crippen MR) is 93.6 cm³/mol. The Morgan fingerprint density at radius 2 is 1.88 bits per heavy atom. The van der Waals surface area contributed by atoms with E-state index < -0.39 is 5.97 Å². The van der Waals surface area contributed by atoms with Gasteiger partial charge in [-0.15, -0.1) is 0 Å². The van der Waals surface area contributed by atoms with Crippen molar-refractivity contribution in [2.75, 3.05) is 19.0 Å². The number of hydrogen-bond acceptors (Lipinski definition) is 5. The Hall–Kier alpha value is -3.41. The fraction of sp³-hybridized carbons (Fsp3) is 0.105. The van der Waals surface area contributed by atoms with Crippen molar-refractivity contribution in [1.29, 1.82) is 0 Å². The highest BCUT2D eigenvalue weighted by Gasteiger charge is 2.07. The minimum atomic E-state index is -0.424. The molecule has 0 aliphatic heterocycles. The van der Waals surface area contributed by atoms with Crippen LogP contribution in [-0.2, 0) is 9.53 Å². The molecule has 1 aromatic heterocycles. The molecular formula is C19H16N2O4. The number of amides is 1. The molecule has 25 heavy (non-hydrogen) atoms. The van der Waals surface area contributed by atoms with E-state index in [-0.39, 0.29) is 12.5 Å². The van der Waals surface area contributed by atoms with Crippen molar-refractivity contribution in [2.24, 2.45) is 0 Å². The van der Waals surface area contributed by atoms with Crippen LogP contribution in [0.15, 0.2) is 60.8 Å². The number of esters is 1. The lowest BCUT2D eigenvalue weighted by molar-refractivity contribution is -0.118. The summed E-state index contributed by atoms with van der Waals surface area (Å²) >= 11 is 0. The lowest BCUT2D eigenvalue weighted by Crippen LogP contribution is -2.20. The fourth-order valence-corrected chi connectivity index (χ4v) is 2.30. The number of hydrogen-bond donors (Lipinski definition) is 1. The smallest absolute Gasteiger partial charge is 0.337 e. The zero-order chi connectivity index (χ0) is 17.6. The van der Waals surface area contributed by atoms with Gasteiger partial charge in [-0.2, -0.15) is 0 Å². The molecule has 0 aliphatic carbocycles. The minimum absolute atomic E-state index is 0.121. The Bertz CT molecular complexity index is 907. The van der Waals surface area contributed by atoms with E-state index in [2.05, 4.69) is 15.0 Å². The molecule has 1 N–H and O–H groups in total. The van der Waals surface area contributed by atoms with E-state index in [0.717, 1.165) is 10.9 Å². The van der Waals surface area contributed by atoms with Gasteiger partial charge in [-0.25, -0.2) is 4.79 Å². The molecular weight excluding hydrogens is 320 g/mol. The van der Waals surface area contributed by atoms with Gasteiger partial charge in [-0.3, -0.25) is 9.78 Å². The molecule has 6 heteroatoms. The van der Waals surface area contributed by atoms with Crippen molar-refractivity contribution in [3.63, 3.8) is 0 Å². The van der Waals surface area contributed by atoms with Gasteiger partial charge in [0.25, 0.3) is 5.91 Å². The Labute approximate surface area is 144 Å². The second-order valence-corrected chi connectivity index (χ2v) is 5.26. The van der Waals surface area contributed by atoms with Gasteiger partial charge in [-0.1, -0.05) is 6.07 Å². The number of pyridine rings is 1. The Morgan fingerprint density at radius 1 is 1.08 bits per heavy atom. The van der Waals surface area contributed by atoms with Gasteiger partial charge >= 0.3 is 5.97 Å². The number of nitrogens with zero attached hydrogens (tertiary/aromatic N) is 1. The molecule has 126 valence electrons. The molecule has 0 bridgehead atoms. The summed E-state index contributed by atoms with van der Waals surface area (Å²) in [5.74, 6) is -0.124. The lowest BCUT2D eigenvalue weighted by atomic mass is 10.2. The summed E-state index contributed by atoms with van der Waals surface area (Å²) in [5, 5.41) is 3.65. The summed E-state index contributed by atoms with van der Waals surface area (Å²) < 4.78 is 10.1. The van der Waals surface area contributed by atoms with E-state index in [1.54, 1.807) is 36.5 Å². The number of nitrogens with one attached hydrogen (secondary N) is 1. The van der Waals surface area contributed by atoms with Crippen molar-refractivity contribution in [1.82, 2.24) is 4.98 Å². The number of rotatable bonds is 5. The maximum absolute atomic E-state index is 12.0. The highest BCUT2D eigenvalue weighted by molar-refractivity contribution is 5.93. The number of benzene rings is 2. The van der Waals surface area contributed by atoms with Crippen LogP contribution in [0.2, 0.25) is 0 Å². The van der Waals surface area contributed by atoms with E-state index in [9.17, 15) is 9.59 Å². The number of ether oxygens (including phenoxy) is 2. The Morgan fingerprint density at radius 3 is 2.64 bits per heavy atom. The molecule has 2 aromatic carbocycles. The topological polar surface area (TPSA) is 77.5 Å². The summed E-state index contributed by atoms with van der Waals surface area (Å²) in [6.07, 6.45) is 1.72. The first-order valence-electron chi connectivity index (χ1n) is 7.61. The second kappa shape index (κ2) is 7.44. The Balaban J connectivity index is 1.57. The molecule has 6 nitrogen and oxygen atoms in total. The van der Waals surface area contributed by atoms with Gasteiger partial charge in [0.15, 0.2) is 6.61 Å². The molecule has 0 aliphatic rings. The van der Waals surface area contributed by atoms with Crippen LogP contribution >= 0.6 is 0 Å². The summed E-state index contributed by atoms with van der Waals surface area (Å²) in [6, 6.07) is 15.6. The summed E-state index contributed by atoms with van der Waals surface area (Å²) in [6.45, 7) is -0.121. The zero-order valence-corrected chi connectivity index (χ0v) is 13.6. The highest BCUT2D eigenvalue weighted by Crippen LogP contribution is 2.19. The number of carbonyl (C=O) groups excluding carboxylic acids is 2. The van der Waals surface area contributed by atoms with E-state index in [1.807, 2.05) is 24.3 Å². The maximum atomic E-state index is 12.0. The third kappa shape index (κ3) is 4.11. The molecule has 0 saturated carbocycles. The molecule has 1 heterocycles. The quantitative estimate of drug-likeness (QED) is 0.725. The normalized spacial score (nSPS) is 10.3. The Kier molecular flexibility index (Phi) is 4.89. The molecule has 0 radical (unpaired) electrons. The van der Waals surface area contributed by atoms with Crippen molar-refractivity contribution >= 4 is 28.5 Å². The van der Waals surface area contributed by atoms with Crippen LogP contribution in [-0.4, -0.2) is 30.6 Å². The fourth-order valence-electron chi connectivity index (χ4n) is 2.30. The van der Waals surface area contributed by atoms with E-state index >= 15 is 0 Å². The molecule has 3 rings (SSSR count).